The lowest BCUT2D eigenvalue weighted by molar-refractivity contribution is 0.0948. The van der Waals surface area contributed by atoms with Crippen molar-refractivity contribution in [2.75, 3.05) is 50.7 Å². The molecule has 0 radical (unpaired) electrons. The lowest BCUT2D eigenvalue weighted by atomic mass is 9.94. The number of nitrogens with zero attached hydrogens (tertiary/aromatic N) is 3. The zero-order valence-electron chi connectivity index (χ0n) is 25.4. The zero-order valence-corrected chi connectivity index (χ0v) is 25.4. The van der Waals surface area contributed by atoms with E-state index >= 15 is 4.39 Å². The largest absolute Gasteiger partial charge is 0.451 e. The van der Waals surface area contributed by atoms with Crippen LogP contribution in [0.3, 0.4) is 0 Å². The number of carbonyl (C=O) groups is 1. The molecule has 3 aliphatic heterocycles. The van der Waals surface area contributed by atoms with Gasteiger partial charge in [0.1, 0.15) is 16.8 Å². The van der Waals surface area contributed by atoms with Gasteiger partial charge < -0.3 is 29.3 Å². The molecule has 0 aliphatic carbocycles. The van der Waals surface area contributed by atoms with Crippen molar-refractivity contribution in [3.63, 3.8) is 0 Å². The van der Waals surface area contributed by atoms with Crippen LogP contribution in [-0.4, -0.2) is 67.1 Å². The van der Waals surface area contributed by atoms with Crippen LogP contribution in [0, 0.1) is 11.7 Å². The van der Waals surface area contributed by atoms with Gasteiger partial charge in [-0.15, -0.1) is 0 Å². The number of pyridine rings is 1. The summed E-state index contributed by atoms with van der Waals surface area (Å²) in [5.41, 5.74) is 1.22. The first-order valence-electron chi connectivity index (χ1n) is 16.4. The average Bonchev–Trinajstić information content (AvgIpc) is 3.80. The molecule has 46 heavy (non-hydrogen) atoms. The van der Waals surface area contributed by atoms with Crippen molar-refractivity contribution < 1.29 is 13.6 Å². The first-order chi connectivity index (χ1) is 22.5. The number of carbonyl (C=O) groups excluding carboxylic acids is 1. The van der Waals surface area contributed by atoms with E-state index in [0.29, 0.717) is 65.2 Å². The Labute approximate surface area is 262 Å². The van der Waals surface area contributed by atoms with Crippen molar-refractivity contribution in [2.24, 2.45) is 5.92 Å². The van der Waals surface area contributed by atoms with Gasteiger partial charge in [0.15, 0.2) is 22.4 Å². The molecule has 0 bridgehead atoms. The monoisotopic (exact) mass is 619 g/mol. The molecule has 9 rings (SSSR count). The molecule has 9 nitrogen and oxygen atoms in total. The number of benzene rings is 3. The van der Waals surface area contributed by atoms with Gasteiger partial charge in [-0.1, -0.05) is 24.3 Å². The second-order valence-electron chi connectivity index (χ2n) is 13.2. The molecule has 3 aliphatic rings. The van der Waals surface area contributed by atoms with E-state index in [9.17, 15) is 14.4 Å². The highest BCUT2D eigenvalue weighted by molar-refractivity contribution is 6.15. The Kier molecular flexibility index (Phi) is 6.33. The third kappa shape index (κ3) is 4.16. The molecule has 1 amide bonds. The van der Waals surface area contributed by atoms with E-state index < -0.39 is 17.2 Å². The van der Waals surface area contributed by atoms with Gasteiger partial charge in [0, 0.05) is 49.2 Å². The van der Waals surface area contributed by atoms with E-state index in [4.69, 9.17) is 4.42 Å². The summed E-state index contributed by atoms with van der Waals surface area (Å²) in [5, 5.41) is 9.28. The predicted molar refractivity (Wildman–Crippen MR) is 178 cm³/mol. The van der Waals surface area contributed by atoms with Crippen LogP contribution >= 0.6 is 0 Å². The molecule has 5 heterocycles. The molecule has 10 heteroatoms. The van der Waals surface area contributed by atoms with Gasteiger partial charge in [-0.05, 0) is 80.2 Å². The molecule has 3 fully saturated rings. The van der Waals surface area contributed by atoms with E-state index in [1.807, 2.05) is 35.2 Å². The molecule has 2 atom stereocenters. The Morgan fingerprint density at radius 3 is 2.61 bits per heavy atom. The minimum absolute atomic E-state index is 0.0618. The third-order valence-electron chi connectivity index (χ3n) is 10.5. The third-order valence-corrected chi connectivity index (χ3v) is 10.5. The molecule has 2 aromatic heterocycles. The number of nitrogens with one attached hydrogen (secondary N) is 2. The minimum Gasteiger partial charge on any atom is -0.451 e. The van der Waals surface area contributed by atoms with Gasteiger partial charge in [0.25, 0.3) is 5.91 Å². The van der Waals surface area contributed by atoms with E-state index in [-0.39, 0.29) is 28.0 Å². The fourth-order valence-electron chi connectivity index (χ4n) is 8.24. The fourth-order valence-corrected chi connectivity index (χ4v) is 8.24. The summed E-state index contributed by atoms with van der Waals surface area (Å²) in [6, 6.07) is 12.6. The Balaban J connectivity index is 1.28. The number of hydrogen-bond donors (Lipinski definition) is 2. The molecule has 3 saturated heterocycles. The van der Waals surface area contributed by atoms with E-state index in [0.717, 1.165) is 56.1 Å². The van der Waals surface area contributed by atoms with Gasteiger partial charge in [-0.2, -0.15) is 0 Å². The quantitative estimate of drug-likeness (QED) is 0.217. The fraction of sp³-hybridized carbons (Fsp3) is 0.361. The van der Waals surface area contributed by atoms with Gasteiger partial charge in [0.05, 0.1) is 10.9 Å². The summed E-state index contributed by atoms with van der Waals surface area (Å²) in [7, 11) is 0. The van der Waals surface area contributed by atoms with E-state index in [1.54, 1.807) is 16.7 Å². The Bertz CT molecular complexity index is 2310. The van der Waals surface area contributed by atoms with Gasteiger partial charge in [-0.25, -0.2) is 4.39 Å². The number of aromatic nitrogens is 1. The number of halogens is 1. The molecule has 0 spiro atoms. The van der Waals surface area contributed by atoms with E-state index in [2.05, 4.69) is 15.5 Å². The smallest absolute Gasteiger partial charge is 0.256 e. The standard InChI is InChI=1S/C36H34FN5O4/c37-27-14-25-31-35(32(27)41-17-20-6-5-9-38-28(20)19-41)46-30-16-24-23(21-7-1-2-8-22(21)33(24)43)15-29(30)42(31)18-26(34(25)44)36(45)39-10-13-40-11-3-4-12-40/h1-2,7-8,14-16,18,20,28,38H,3-6,9-13,17,19H2,(H,39,45). The molecule has 2 N–H and O–H groups in total. The predicted octanol–water partition coefficient (Wildman–Crippen LogP) is 4.46. The minimum atomic E-state index is -0.565. The highest BCUT2D eigenvalue weighted by Crippen LogP contribution is 2.40. The van der Waals surface area contributed by atoms with Crippen LogP contribution in [-0.2, 0) is 0 Å². The van der Waals surface area contributed by atoms with Crippen LogP contribution in [0.25, 0.3) is 49.1 Å². The lowest BCUT2D eigenvalue weighted by Gasteiger charge is -2.24. The Hall–Kier alpha value is -4.54. The van der Waals surface area contributed by atoms with Gasteiger partial charge in [-0.3, -0.25) is 14.4 Å². The molecular formula is C36H34FN5O4. The summed E-state index contributed by atoms with van der Waals surface area (Å²) in [6.45, 7) is 5.36. The molecule has 4 aromatic carbocycles. The molecule has 234 valence electrons. The van der Waals surface area contributed by atoms with Crippen molar-refractivity contribution in [1.29, 1.82) is 0 Å². The van der Waals surface area contributed by atoms with Crippen LogP contribution in [0.1, 0.15) is 36.0 Å². The first-order valence-corrected chi connectivity index (χ1v) is 16.4. The van der Waals surface area contributed by atoms with Crippen LogP contribution in [0.5, 0.6) is 0 Å². The van der Waals surface area contributed by atoms with Crippen molar-refractivity contribution >= 4 is 60.7 Å². The summed E-state index contributed by atoms with van der Waals surface area (Å²) in [6.07, 6.45) is 6.00. The van der Waals surface area contributed by atoms with Crippen molar-refractivity contribution in [2.45, 2.75) is 31.7 Å². The SMILES string of the molecule is O=C(NCCN1CCCC1)c1cn2c3cc4c(cc3oc3c(N5CC6CCCNC6C5)c(F)cc(c1=O)c32)c(=O)c1ccccc14. The number of amides is 1. The lowest BCUT2D eigenvalue weighted by Crippen LogP contribution is -2.40. The number of hydrogen-bond acceptors (Lipinski definition) is 7. The highest BCUT2D eigenvalue weighted by atomic mass is 19.1. The van der Waals surface area contributed by atoms with Crippen molar-refractivity contribution in [3.8, 4) is 0 Å². The summed E-state index contributed by atoms with van der Waals surface area (Å²) >= 11 is 0. The van der Waals surface area contributed by atoms with Gasteiger partial charge in [0.2, 0.25) is 5.43 Å². The van der Waals surface area contributed by atoms with Crippen molar-refractivity contribution in [3.05, 3.63) is 80.5 Å². The number of likely N-dealkylation sites (tertiary alicyclic amines) is 1. The number of piperidine rings is 1. The number of fused-ring (bicyclic) bond motifs is 6. The Morgan fingerprint density at radius 1 is 0.957 bits per heavy atom. The van der Waals surface area contributed by atoms with Crippen LogP contribution in [0.4, 0.5) is 10.1 Å². The Morgan fingerprint density at radius 2 is 1.78 bits per heavy atom. The molecule has 2 unspecified atom stereocenters. The van der Waals surface area contributed by atoms with Gasteiger partial charge >= 0.3 is 0 Å². The van der Waals surface area contributed by atoms with Crippen LogP contribution < -0.4 is 26.4 Å². The molecule has 0 saturated carbocycles. The summed E-state index contributed by atoms with van der Waals surface area (Å²) < 4.78 is 24.7. The second-order valence-corrected chi connectivity index (χ2v) is 13.2. The zero-order chi connectivity index (χ0) is 31.1. The average molecular weight is 620 g/mol. The molecular weight excluding hydrogens is 585 g/mol. The normalized spacial score (nSPS) is 20.6. The maximum Gasteiger partial charge on any atom is 0.256 e. The summed E-state index contributed by atoms with van der Waals surface area (Å²) in [5.74, 6) is -0.671. The second kappa shape index (κ2) is 10.5. The maximum absolute atomic E-state index is 16.3. The van der Waals surface area contributed by atoms with E-state index in [1.165, 1.54) is 6.07 Å². The topological polar surface area (TPSA) is 99.3 Å². The summed E-state index contributed by atoms with van der Waals surface area (Å²) in [4.78, 5) is 45.2. The first kappa shape index (κ1) is 27.7. The number of rotatable bonds is 5. The molecule has 6 aromatic rings. The maximum atomic E-state index is 16.3. The highest BCUT2D eigenvalue weighted by Gasteiger charge is 2.37. The number of anilines is 1. The van der Waals surface area contributed by atoms with Crippen molar-refractivity contribution in [1.82, 2.24) is 19.9 Å². The van der Waals surface area contributed by atoms with Crippen LogP contribution in [0.2, 0.25) is 0 Å². The van der Waals surface area contributed by atoms with Crippen LogP contribution in [0.15, 0.2) is 62.7 Å².